The van der Waals surface area contributed by atoms with Crippen molar-refractivity contribution in [1.82, 2.24) is 14.9 Å². The number of sulfonamides is 1. The number of aromatic amines is 1. The van der Waals surface area contributed by atoms with Crippen LogP contribution in [0.15, 0.2) is 29.2 Å². The van der Waals surface area contributed by atoms with Crippen LogP contribution in [0.4, 0.5) is 0 Å². The van der Waals surface area contributed by atoms with Crippen LogP contribution in [0.25, 0.3) is 0 Å². The first-order valence-electron chi connectivity index (χ1n) is 7.17. The summed E-state index contributed by atoms with van der Waals surface area (Å²) in [4.78, 5) is 0.233. The summed E-state index contributed by atoms with van der Waals surface area (Å²) in [5, 5.41) is 6.99. The molecule has 120 valence electrons. The first-order valence-corrected chi connectivity index (χ1v) is 8.65. The zero-order valence-electron chi connectivity index (χ0n) is 13.0. The quantitative estimate of drug-likeness (QED) is 0.815. The van der Waals surface area contributed by atoms with E-state index in [4.69, 9.17) is 4.74 Å². The maximum Gasteiger partial charge on any atom is 0.240 e. The van der Waals surface area contributed by atoms with Crippen LogP contribution in [0.5, 0.6) is 5.75 Å². The van der Waals surface area contributed by atoms with Crippen LogP contribution in [0.1, 0.15) is 23.9 Å². The van der Waals surface area contributed by atoms with Gasteiger partial charge in [0, 0.05) is 12.2 Å². The second-order valence-corrected chi connectivity index (χ2v) is 6.73. The van der Waals surface area contributed by atoms with Gasteiger partial charge in [0.25, 0.3) is 0 Å². The molecule has 0 spiro atoms. The highest BCUT2D eigenvalue weighted by molar-refractivity contribution is 7.89. The molecule has 0 saturated carbocycles. The first kappa shape index (κ1) is 16.5. The number of aromatic nitrogens is 2. The van der Waals surface area contributed by atoms with Crippen molar-refractivity contribution in [2.75, 3.05) is 13.2 Å². The Kier molecular flexibility index (Phi) is 5.20. The topological polar surface area (TPSA) is 84.1 Å². The zero-order valence-corrected chi connectivity index (χ0v) is 13.8. The van der Waals surface area contributed by atoms with Gasteiger partial charge in [-0.2, -0.15) is 5.10 Å². The molecule has 6 nitrogen and oxygen atoms in total. The smallest absolute Gasteiger partial charge is 0.240 e. The zero-order chi connectivity index (χ0) is 16.2. The number of nitrogens with zero attached hydrogens (tertiary/aromatic N) is 1. The van der Waals surface area contributed by atoms with E-state index in [1.54, 1.807) is 24.3 Å². The lowest BCUT2D eigenvalue weighted by molar-refractivity contribution is 0.340. The summed E-state index contributed by atoms with van der Waals surface area (Å²) in [6.07, 6.45) is 0.602. The van der Waals surface area contributed by atoms with Gasteiger partial charge in [-0.25, -0.2) is 13.1 Å². The van der Waals surface area contributed by atoms with Gasteiger partial charge >= 0.3 is 0 Å². The molecule has 0 aliphatic carbocycles. The summed E-state index contributed by atoms with van der Waals surface area (Å²) in [6, 6.07) is 6.40. The Morgan fingerprint density at radius 1 is 1.23 bits per heavy atom. The van der Waals surface area contributed by atoms with Gasteiger partial charge in [-0.1, -0.05) is 0 Å². The highest BCUT2D eigenvalue weighted by Gasteiger charge is 2.14. The summed E-state index contributed by atoms with van der Waals surface area (Å²) in [7, 11) is -3.51. The van der Waals surface area contributed by atoms with E-state index in [2.05, 4.69) is 14.9 Å². The van der Waals surface area contributed by atoms with Gasteiger partial charge in [0.1, 0.15) is 5.75 Å². The number of aryl methyl sites for hydroxylation is 2. The monoisotopic (exact) mass is 323 g/mol. The van der Waals surface area contributed by atoms with Crippen LogP contribution in [0.2, 0.25) is 0 Å². The van der Waals surface area contributed by atoms with E-state index in [0.717, 1.165) is 17.0 Å². The standard InChI is InChI=1S/C15H21N3O3S/c1-4-21-13-5-7-14(8-6-13)22(19,20)16-10-9-15-11(2)17-18-12(15)3/h5-8,16H,4,9-10H2,1-3H3,(H,17,18). The van der Waals surface area contributed by atoms with Crippen molar-refractivity contribution in [3.63, 3.8) is 0 Å². The van der Waals surface area contributed by atoms with E-state index in [-0.39, 0.29) is 4.90 Å². The molecule has 1 heterocycles. The summed E-state index contributed by atoms with van der Waals surface area (Å²) < 4.78 is 32.4. The number of benzene rings is 1. The molecule has 1 aromatic carbocycles. The van der Waals surface area contributed by atoms with E-state index < -0.39 is 10.0 Å². The molecule has 2 rings (SSSR count). The maximum absolute atomic E-state index is 12.2. The highest BCUT2D eigenvalue weighted by atomic mass is 32.2. The fourth-order valence-electron chi connectivity index (χ4n) is 2.22. The van der Waals surface area contributed by atoms with Gasteiger partial charge in [0.15, 0.2) is 0 Å². The van der Waals surface area contributed by atoms with Crippen LogP contribution >= 0.6 is 0 Å². The molecule has 0 unspecified atom stereocenters. The highest BCUT2D eigenvalue weighted by Crippen LogP contribution is 2.16. The van der Waals surface area contributed by atoms with E-state index in [0.29, 0.717) is 25.3 Å². The molecule has 0 saturated heterocycles. The molecule has 0 atom stereocenters. The normalized spacial score (nSPS) is 11.6. The summed E-state index contributed by atoms with van der Waals surface area (Å²) in [5.74, 6) is 0.658. The molecule has 1 aromatic heterocycles. The van der Waals surface area contributed by atoms with E-state index in [1.807, 2.05) is 20.8 Å². The SMILES string of the molecule is CCOc1ccc(S(=O)(=O)NCCc2c(C)n[nH]c2C)cc1. The Morgan fingerprint density at radius 2 is 1.91 bits per heavy atom. The van der Waals surface area contributed by atoms with Crippen LogP contribution in [-0.2, 0) is 16.4 Å². The van der Waals surface area contributed by atoms with Crippen molar-refractivity contribution in [3.05, 3.63) is 41.2 Å². The molecule has 0 bridgehead atoms. The molecule has 0 fully saturated rings. The van der Waals surface area contributed by atoms with E-state index in [9.17, 15) is 8.42 Å². The minimum absolute atomic E-state index is 0.233. The van der Waals surface area contributed by atoms with Crippen LogP contribution in [0.3, 0.4) is 0 Å². The Morgan fingerprint density at radius 3 is 2.45 bits per heavy atom. The minimum atomic E-state index is -3.51. The summed E-state index contributed by atoms with van der Waals surface area (Å²) in [6.45, 7) is 6.59. The van der Waals surface area contributed by atoms with Crippen LogP contribution < -0.4 is 9.46 Å². The van der Waals surface area contributed by atoms with Gasteiger partial charge in [-0.05, 0) is 57.0 Å². The molecule has 2 aromatic rings. The first-order chi connectivity index (χ1) is 10.4. The molecular weight excluding hydrogens is 302 g/mol. The number of rotatable bonds is 7. The number of nitrogens with one attached hydrogen (secondary N) is 2. The number of H-pyrrole nitrogens is 1. The molecule has 0 aliphatic heterocycles. The fourth-order valence-corrected chi connectivity index (χ4v) is 3.25. The second kappa shape index (κ2) is 6.93. The van der Waals surface area contributed by atoms with Crippen molar-refractivity contribution < 1.29 is 13.2 Å². The fraction of sp³-hybridized carbons (Fsp3) is 0.400. The number of hydrogen-bond donors (Lipinski definition) is 2. The third-order valence-corrected chi connectivity index (χ3v) is 4.87. The molecule has 0 aliphatic rings. The lowest BCUT2D eigenvalue weighted by Gasteiger charge is -2.08. The third-order valence-electron chi connectivity index (χ3n) is 3.39. The van der Waals surface area contributed by atoms with Gasteiger partial charge in [0.05, 0.1) is 17.2 Å². The van der Waals surface area contributed by atoms with Crippen molar-refractivity contribution in [2.24, 2.45) is 0 Å². The van der Waals surface area contributed by atoms with Crippen LogP contribution in [0, 0.1) is 13.8 Å². The second-order valence-electron chi connectivity index (χ2n) is 4.96. The van der Waals surface area contributed by atoms with Crippen molar-refractivity contribution in [2.45, 2.75) is 32.1 Å². The Hall–Kier alpha value is -1.86. The lowest BCUT2D eigenvalue weighted by Crippen LogP contribution is -2.26. The molecule has 0 radical (unpaired) electrons. The molecule has 2 N–H and O–H groups in total. The van der Waals surface area contributed by atoms with Gasteiger partial charge in [-0.3, -0.25) is 5.10 Å². The molecule has 0 amide bonds. The Bertz CT molecular complexity index is 701. The largest absolute Gasteiger partial charge is 0.494 e. The summed E-state index contributed by atoms with van der Waals surface area (Å²) in [5.41, 5.74) is 2.92. The van der Waals surface area contributed by atoms with Gasteiger partial charge < -0.3 is 4.74 Å². The molecule has 22 heavy (non-hydrogen) atoms. The van der Waals surface area contributed by atoms with E-state index in [1.165, 1.54) is 0 Å². The number of hydrogen-bond acceptors (Lipinski definition) is 4. The minimum Gasteiger partial charge on any atom is -0.494 e. The Balaban J connectivity index is 1.99. The third kappa shape index (κ3) is 3.86. The van der Waals surface area contributed by atoms with Crippen molar-refractivity contribution in [3.8, 4) is 5.75 Å². The lowest BCUT2D eigenvalue weighted by atomic mass is 10.1. The average molecular weight is 323 g/mol. The van der Waals surface area contributed by atoms with Crippen LogP contribution in [-0.4, -0.2) is 31.8 Å². The predicted octanol–water partition coefficient (Wildman–Crippen LogP) is 1.95. The molecule has 7 heteroatoms. The molecular formula is C15H21N3O3S. The van der Waals surface area contributed by atoms with Gasteiger partial charge in [0.2, 0.25) is 10.0 Å². The number of ether oxygens (including phenoxy) is 1. The van der Waals surface area contributed by atoms with Crippen molar-refractivity contribution in [1.29, 1.82) is 0 Å². The van der Waals surface area contributed by atoms with Gasteiger partial charge in [-0.15, -0.1) is 0 Å². The Labute approximate surface area is 130 Å². The maximum atomic E-state index is 12.2. The predicted molar refractivity (Wildman–Crippen MR) is 84.6 cm³/mol. The van der Waals surface area contributed by atoms with Crippen molar-refractivity contribution >= 4 is 10.0 Å². The average Bonchev–Trinajstić information content (AvgIpc) is 2.80. The summed E-state index contributed by atoms with van der Waals surface area (Å²) >= 11 is 0. The van der Waals surface area contributed by atoms with E-state index >= 15 is 0 Å².